The Labute approximate surface area is 448 Å². The van der Waals surface area contributed by atoms with Crippen LogP contribution >= 0.6 is 0 Å². The summed E-state index contributed by atoms with van der Waals surface area (Å²) in [5, 5.41) is 77.3. The monoisotopic (exact) mass is 1090 g/mol. The van der Waals surface area contributed by atoms with Crippen LogP contribution in [0.25, 0.3) is 0 Å². The van der Waals surface area contributed by atoms with Gasteiger partial charge in [-0.3, -0.25) is 48.6 Å². The van der Waals surface area contributed by atoms with Gasteiger partial charge in [0, 0.05) is 25.9 Å². The molecule has 2 rings (SSSR count). The molecule has 1 aliphatic heterocycles. The molecule has 1 aromatic rings. The van der Waals surface area contributed by atoms with E-state index in [1.807, 2.05) is 13.8 Å². The SMILES string of the molecule is CC(C)C[C@H](NC(=O)[C@@H]1CCCN1C(=O)[C@H](CCCNC(=N)N)NC(=O)[C@H](CCC(=O)O)NC(=O)[C@H](Cc1ccc(O)cc1)NC(=O)[C@@H](NC(=O)[C@@H](N)CC(C)C)[C@@H](C)O)C(=O)N[C@H](C(=O)N[C@H](C(=O)O)[C@@H](C)O)C(C)C. The first-order valence-corrected chi connectivity index (χ1v) is 25.8. The minimum atomic E-state index is -1.68. The number of rotatable bonds is 32. The lowest BCUT2D eigenvalue weighted by Crippen LogP contribution is -2.61. The van der Waals surface area contributed by atoms with E-state index in [4.69, 9.17) is 16.9 Å². The highest BCUT2D eigenvalue weighted by atomic mass is 16.4. The predicted octanol–water partition coefficient (Wildman–Crippen LogP) is -2.63. The average Bonchev–Trinajstić information content (AvgIpc) is 3.83. The molecule has 0 bridgehead atoms. The Morgan fingerprint density at radius 2 is 1.17 bits per heavy atom. The molecule has 18 N–H and O–H groups in total. The van der Waals surface area contributed by atoms with Crippen LogP contribution in [0.2, 0.25) is 0 Å². The van der Waals surface area contributed by atoms with Gasteiger partial charge in [-0.1, -0.05) is 53.7 Å². The Kier molecular flexibility index (Phi) is 27.3. The molecular weight excluding hydrogens is 1010 g/mol. The summed E-state index contributed by atoms with van der Waals surface area (Å²) in [7, 11) is 0. The maximum absolute atomic E-state index is 14.6. The van der Waals surface area contributed by atoms with E-state index in [1.54, 1.807) is 27.7 Å². The third-order valence-corrected chi connectivity index (χ3v) is 12.5. The summed E-state index contributed by atoms with van der Waals surface area (Å²) in [5.74, 6) is -11.2. The van der Waals surface area contributed by atoms with E-state index in [0.717, 1.165) is 0 Å². The van der Waals surface area contributed by atoms with E-state index < -0.39 is 145 Å². The number of aliphatic hydroxyl groups excluding tert-OH is 2. The number of amides is 8. The summed E-state index contributed by atoms with van der Waals surface area (Å²) in [6.45, 7) is 12.9. The van der Waals surface area contributed by atoms with Crippen molar-refractivity contribution in [3.05, 3.63) is 29.8 Å². The molecular formula is C50H82N12O15. The summed E-state index contributed by atoms with van der Waals surface area (Å²) >= 11 is 0. The molecule has 27 nitrogen and oxygen atoms in total. The van der Waals surface area contributed by atoms with E-state index in [9.17, 15) is 73.5 Å². The first-order chi connectivity index (χ1) is 35.9. The molecule has 0 aromatic heterocycles. The maximum Gasteiger partial charge on any atom is 0.328 e. The number of aromatic hydroxyl groups is 1. The number of carboxylic acid groups (broad SMARTS) is 2. The molecule has 0 unspecified atom stereocenters. The Morgan fingerprint density at radius 1 is 0.649 bits per heavy atom. The van der Waals surface area contributed by atoms with Crippen LogP contribution in [-0.2, 0) is 54.4 Å². The number of nitrogens with zero attached hydrogens (tertiary/aromatic N) is 1. The van der Waals surface area contributed by atoms with Crippen molar-refractivity contribution in [2.75, 3.05) is 13.1 Å². The highest BCUT2D eigenvalue weighted by Crippen LogP contribution is 2.21. The Hall–Kier alpha value is -7.13. The highest BCUT2D eigenvalue weighted by Gasteiger charge is 2.41. The van der Waals surface area contributed by atoms with Gasteiger partial charge < -0.3 is 84.4 Å². The van der Waals surface area contributed by atoms with Crippen molar-refractivity contribution in [2.24, 2.45) is 29.2 Å². The van der Waals surface area contributed by atoms with Crippen LogP contribution in [0.5, 0.6) is 5.75 Å². The van der Waals surface area contributed by atoms with Crippen molar-refractivity contribution in [1.82, 2.24) is 47.4 Å². The zero-order valence-electron chi connectivity index (χ0n) is 45.1. The number of nitrogens with one attached hydrogen (secondary N) is 9. The van der Waals surface area contributed by atoms with Crippen molar-refractivity contribution in [1.29, 1.82) is 5.41 Å². The minimum absolute atomic E-state index is 0.00549. The van der Waals surface area contributed by atoms with Crippen LogP contribution in [0.3, 0.4) is 0 Å². The fourth-order valence-electron chi connectivity index (χ4n) is 8.38. The van der Waals surface area contributed by atoms with Gasteiger partial charge in [0.1, 0.15) is 48.0 Å². The van der Waals surface area contributed by atoms with Gasteiger partial charge >= 0.3 is 11.9 Å². The number of benzene rings is 1. The van der Waals surface area contributed by atoms with E-state index in [-0.39, 0.29) is 75.2 Å². The van der Waals surface area contributed by atoms with Gasteiger partial charge in [0.25, 0.3) is 0 Å². The lowest BCUT2D eigenvalue weighted by Gasteiger charge is -2.32. The van der Waals surface area contributed by atoms with Crippen LogP contribution in [0.15, 0.2) is 24.3 Å². The van der Waals surface area contributed by atoms with Gasteiger partial charge in [0.15, 0.2) is 12.0 Å². The lowest BCUT2D eigenvalue weighted by molar-refractivity contribution is -0.145. The first-order valence-electron chi connectivity index (χ1n) is 25.8. The third kappa shape index (κ3) is 22.5. The van der Waals surface area contributed by atoms with Crippen LogP contribution < -0.4 is 54.0 Å². The molecule has 0 spiro atoms. The molecule has 11 atom stereocenters. The number of nitrogens with two attached hydrogens (primary N) is 2. The number of aliphatic carboxylic acids is 2. The van der Waals surface area contributed by atoms with E-state index in [1.165, 1.54) is 43.0 Å². The van der Waals surface area contributed by atoms with Crippen molar-refractivity contribution in [3.63, 3.8) is 0 Å². The van der Waals surface area contributed by atoms with Crippen molar-refractivity contribution in [2.45, 2.75) is 180 Å². The second-order valence-electron chi connectivity index (χ2n) is 20.6. The van der Waals surface area contributed by atoms with Gasteiger partial charge in [0.05, 0.1) is 18.2 Å². The number of guanidine groups is 1. The smallest absolute Gasteiger partial charge is 0.328 e. The minimum Gasteiger partial charge on any atom is -0.508 e. The molecule has 8 amide bonds. The summed E-state index contributed by atoms with van der Waals surface area (Å²) in [5.41, 5.74) is 11.9. The van der Waals surface area contributed by atoms with E-state index >= 15 is 0 Å². The summed E-state index contributed by atoms with van der Waals surface area (Å²) in [6.07, 6.45) is -3.78. The molecule has 1 saturated heterocycles. The molecule has 77 heavy (non-hydrogen) atoms. The number of phenolic OH excluding ortho intramolecular Hbond substituents is 1. The molecule has 0 saturated carbocycles. The summed E-state index contributed by atoms with van der Waals surface area (Å²) in [6, 6.07) is -7.28. The summed E-state index contributed by atoms with van der Waals surface area (Å²) < 4.78 is 0. The van der Waals surface area contributed by atoms with E-state index in [0.29, 0.717) is 12.0 Å². The fraction of sp³-hybridized carbons (Fsp3) is 0.660. The van der Waals surface area contributed by atoms with Gasteiger partial charge in [-0.05, 0) is 94.2 Å². The number of carbonyl (C=O) groups excluding carboxylic acids is 8. The van der Waals surface area contributed by atoms with Gasteiger partial charge in [-0.2, -0.15) is 0 Å². The maximum atomic E-state index is 14.6. The quantitative estimate of drug-likeness (QED) is 0.0199. The predicted molar refractivity (Wildman–Crippen MR) is 279 cm³/mol. The molecule has 1 fully saturated rings. The number of phenols is 1. The van der Waals surface area contributed by atoms with Crippen LogP contribution in [0.1, 0.15) is 112 Å². The van der Waals surface area contributed by atoms with Crippen molar-refractivity contribution >= 4 is 65.2 Å². The molecule has 1 aliphatic rings. The standard InChI is InChI=1S/C50H82N12O15/c1-24(2)21-31(51)41(68)60-39(27(7)63)47(74)58-35(23-29-13-15-30(65)16-14-29)43(70)55-32(17-18-37(66)67)42(69)56-33(11-9-19-54-50(52)53)48(75)62-20-10-12-36(62)45(72)57-34(22-25(3)4)44(71)59-38(26(5)6)46(73)61-40(28(8)64)49(76)77/h13-16,24-28,31-36,38-40,63-65H,9-12,17-23,51H2,1-8H3,(H,55,70)(H,56,69)(H,57,72)(H,58,74)(H,59,71)(H,60,68)(H,61,73)(H,66,67)(H,76,77)(H4,52,53,54)/t27-,28-,31+,32+,33+,34+,35+,36+,38+,39+,40+/m1/s1. The summed E-state index contributed by atoms with van der Waals surface area (Å²) in [4.78, 5) is 136. The fourth-order valence-corrected chi connectivity index (χ4v) is 8.38. The molecule has 27 heteroatoms. The second-order valence-corrected chi connectivity index (χ2v) is 20.6. The highest BCUT2D eigenvalue weighted by molar-refractivity contribution is 5.98. The third-order valence-electron chi connectivity index (χ3n) is 12.5. The lowest BCUT2D eigenvalue weighted by atomic mass is 9.99. The van der Waals surface area contributed by atoms with Crippen LogP contribution in [0, 0.1) is 23.2 Å². The molecule has 432 valence electrons. The average molecular weight is 1090 g/mol. The molecule has 0 radical (unpaired) electrons. The molecule has 1 aromatic carbocycles. The molecule has 1 heterocycles. The number of carboxylic acids is 2. The topological polar surface area (TPSA) is 447 Å². The number of likely N-dealkylation sites (tertiary alicyclic amines) is 1. The van der Waals surface area contributed by atoms with Crippen LogP contribution in [0.4, 0.5) is 0 Å². The van der Waals surface area contributed by atoms with Gasteiger partial charge in [-0.25, -0.2) is 4.79 Å². The second kappa shape index (κ2) is 31.8. The number of hydrogen-bond acceptors (Lipinski definition) is 15. The number of hydrogen-bond donors (Lipinski definition) is 16. The Balaban J connectivity index is 2.50. The number of aliphatic hydroxyl groups is 2. The normalized spacial score (nSPS) is 17.2. The number of carbonyl (C=O) groups is 10. The first kappa shape index (κ1) is 66.0. The van der Waals surface area contributed by atoms with E-state index in [2.05, 4.69) is 42.5 Å². The van der Waals surface area contributed by atoms with Crippen LogP contribution in [-0.4, -0.2) is 175 Å². The zero-order chi connectivity index (χ0) is 58.4. The zero-order valence-corrected chi connectivity index (χ0v) is 45.1. The largest absolute Gasteiger partial charge is 0.508 e. The van der Waals surface area contributed by atoms with Crippen molar-refractivity contribution < 1.29 is 73.5 Å². The molecule has 0 aliphatic carbocycles. The van der Waals surface area contributed by atoms with Gasteiger partial charge in [-0.15, -0.1) is 0 Å². The van der Waals surface area contributed by atoms with Crippen molar-refractivity contribution in [3.8, 4) is 5.75 Å². The Morgan fingerprint density at radius 3 is 1.70 bits per heavy atom. The van der Waals surface area contributed by atoms with Gasteiger partial charge in [0.2, 0.25) is 47.3 Å². The Bertz CT molecular complexity index is 2210.